The molecule has 0 saturated carbocycles. The van der Waals surface area contributed by atoms with Gasteiger partial charge in [-0.05, 0) is 31.8 Å². The minimum atomic E-state index is 0.658. The molecule has 1 aromatic carbocycles. The molecule has 0 unspecified atom stereocenters. The van der Waals surface area contributed by atoms with E-state index >= 15 is 0 Å². The van der Waals surface area contributed by atoms with Gasteiger partial charge in [0, 0.05) is 12.2 Å². The van der Waals surface area contributed by atoms with Crippen molar-refractivity contribution in [3.05, 3.63) is 48.2 Å². The van der Waals surface area contributed by atoms with Crippen molar-refractivity contribution in [2.45, 2.75) is 13.1 Å². The SMILES string of the molecule is CN(C)Cc1cccc(NCc2cnco2)c1. The molecule has 17 heavy (non-hydrogen) atoms. The van der Waals surface area contributed by atoms with Crippen LogP contribution >= 0.6 is 0 Å². The van der Waals surface area contributed by atoms with Crippen molar-refractivity contribution >= 4 is 5.69 Å². The van der Waals surface area contributed by atoms with Crippen molar-refractivity contribution in [3.63, 3.8) is 0 Å². The van der Waals surface area contributed by atoms with E-state index < -0.39 is 0 Å². The number of oxazole rings is 1. The van der Waals surface area contributed by atoms with E-state index in [4.69, 9.17) is 4.42 Å². The summed E-state index contributed by atoms with van der Waals surface area (Å²) in [4.78, 5) is 6.03. The van der Waals surface area contributed by atoms with Crippen LogP contribution in [-0.2, 0) is 13.1 Å². The van der Waals surface area contributed by atoms with Crippen LogP contribution in [0.2, 0.25) is 0 Å². The second kappa shape index (κ2) is 5.50. The molecule has 2 aromatic rings. The number of nitrogens with zero attached hydrogens (tertiary/aromatic N) is 2. The van der Waals surface area contributed by atoms with Gasteiger partial charge in [0.05, 0.1) is 12.7 Å². The zero-order valence-corrected chi connectivity index (χ0v) is 10.2. The van der Waals surface area contributed by atoms with Crippen molar-refractivity contribution in [1.82, 2.24) is 9.88 Å². The van der Waals surface area contributed by atoms with Crippen LogP contribution in [0.25, 0.3) is 0 Å². The van der Waals surface area contributed by atoms with E-state index in [9.17, 15) is 0 Å². The molecular formula is C13H17N3O. The maximum atomic E-state index is 5.17. The Morgan fingerprint density at radius 2 is 2.24 bits per heavy atom. The zero-order valence-electron chi connectivity index (χ0n) is 10.2. The van der Waals surface area contributed by atoms with Gasteiger partial charge in [-0.2, -0.15) is 0 Å². The first-order chi connectivity index (χ1) is 8.24. The van der Waals surface area contributed by atoms with Crippen LogP contribution in [0.1, 0.15) is 11.3 Å². The van der Waals surface area contributed by atoms with Crippen LogP contribution in [0.15, 0.2) is 41.3 Å². The van der Waals surface area contributed by atoms with Gasteiger partial charge in [-0.3, -0.25) is 0 Å². The van der Waals surface area contributed by atoms with Gasteiger partial charge in [0.25, 0.3) is 0 Å². The fourth-order valence-electron chi connectivity index (χ4n) is 1.66. The Morgan fingerprint density at radius 3 is 2.94 bits per heavy atom. The van der Waals surface area contributed by atoms with Gasteiger partial charge in [0.15, 0.2) is 6.39 Å². The summed E-state index contributed by atoms with van der Waals surface area (Å²) >= 11 is 0. The van der Waals surface area contributed by atoms with E-state index in [2.05, 4.69) is 53.6 Å². The monoisotopic (exact) mass is 231 g/mol. The molecule has 0 aliphatic rings. The highest BCUT2D eigenvalue weighted by atomic mass is 16.3. The summed E-state index contributed by atoms with van der Waals surface area (Å²) in [5.74, 6) is 0.836. The Balaban J connectivity index is 1.96. The molecule has 0 amide bonds. The highest BCUT2D eigenvalue weighted by Crippen LogP contribution is 2.13. The molecule has 0 radical (unpaired) electrons. The molecule has 0 fully saturated rings. The minimum absolute atomic E-state index is 0.658. The van der Waals surface area contributed by atoms with Crippen LogP contribution < -0.4 is 5.32 Å². The summed E-state index contributed by atoms with van der Waals surface area (Å²) < 4.78 is 5.17. The lowest BCUT2D eigenvalue weighted by Crippen LogP contribution is -2.10. The number of aromatic nitrogens is 1. The van der Waals surface area contributed by atoms with Gasteiger partial charge in [-0.1, -0.05) is 12.1 Å². The first-order valence-electron chi connectivity index (χ1n) is 5.59. The molecule has 0 aliphatic carbocycles. The third-order valence-corrected chi connectivity index (χ3v) is 2.38. The van der Waals surface area contributed by atoms with Crippen molar-refractivity contribution in [1.29, 1.82) is 0 Å². The Morgan fingerprint density at radius 1 is 1.35 bits per heavy atom. The second-order valence-corrected chi connectivity index (χ2v) is 4.26. The van der Waals surface area contributed by atoms with Crippen LogP contribution in [0.5, 0.6) is 0 Å². The Bertz CT molecular complexity index is 451. The summed E-state index contributed by atoms with van der Waals surface area (Å²) in [6.07, 6.45) is 3.16. The first-order valence-corrected chi connectivity index (χ1v) is 5.59. The maximum Gasteiger partial charge on any atom is 0.180 e. The molecule has 0 aliphatic heterocycles. The standard InChI is InChI=1S/C13H17N3O/c1-16(2)9-11-4-3-5-12(6-11)15-8-13-7-14-10-17-13/h3-7,10,15H,8-9H2,1-2H3. The quantitative estimate of drug-likeness (QED) is 0.857. The molecule has 0 atom stereocenters. The van der Waals surface area contributed by atoms with Crippen LogP contribution in [-0.4, -0.2) is 24.0 Å². The van der Waals surface area contributed by atoms with E-state index in [0.717, 1.165) is 18.0 Å². The molecule has 4 heteroatoms. The highest BCUT2D eigenvalue weighted by molar-refractivity contribution is 5.45. The average Bonchev–Trinajstić information content (AvgIpc) is 2.79. The smallest absolute Gasteiger partial charge is 0.180 e. The molecule has 2 rings (SSSR count). The van der Waals surface area contributed by atoms with Gasteiger partial charge in [0.2, 0.25) is 0 Å². The third kappa shape index (κ3) is 3.60. The second-order valence-electron chi connectivity index (χ2n) is 4.26. The summed E-state index contributed by atoms with van der Waals surface area (Å²) in [7, 11) is 4.13. The fraction of sp³-hybridized carbons (Fsp3) is 0.308. The summed E-state index contributed by atoms with van der Waals surface area (Å²) in [6, 6.07) is 8.38. The van der Waals surface area contributed by atoms with Crippen molar-refractivity contribution in [3.8, 4) is 0 Å². The van der Waals surface area contributed by atoms with Gasteiger partial charge >= 0.3 is 0 Å². The number of benzene rings is 1. The lowest BCUT2D eigenvalue weighted by atomic mass is 10.2. The predicted octanol–water partition coefficient (Wildman–Crippen LogP) is 2.35. The number of hydrogen-bond donors (Lipinski definition) is 1. The molecule has 0 bridgehead atoms. The van der Waals surface area contributed by atoms with Crippen molar-refractivity contribution < 1.29 is 4.42 Å². The fourth-order valence-corrected chi connectivity index (χ4v) is 1.66. The molecule has 0 saturated heterocycles. The molecular weight excluding hydrogens is 214 g/mol. The van der Waals surface area contributed by atoms with Crippen molar-refractivity contribution in [2.75, 3.05) is 19.4 Å². The number of rotatable bonds is 5. The molecule has 1 heterocycles. The van der Waals surface area contributed by atoms with Crippen LogP contribution in [0.4, 0.5) is 5.69 Å². The van der Waals surface area contributed by atoms with E-state index in [-0.39, 0.29) is 0 Å². The molecule has 4 nitrogen and oxygen atoms in total. The Hall–Kier alpha value is -1.81. The van der Waals surface area contributed by atoms with Gasteiger partial charge < -0.3 is 14.6 Å². The lowest BCUT2D eigenvalue weighted by Gasteiger charge is -2.11. The van der Waals surface area contributed by atoms with Gasteiger partial charge in [-0.15, -0.1) is 0 Å². The van der Waals surface area contributed by atoms with E-state index in [0.29, 0.717) is 6.54 Å². The largest absolute Gasteiger partial charge is 0.447 e. The highest BCUT2D eigenvalue weighted by Gasteiger charge is 1.99. The number of anilines is 1. The lowest BCUT2D eigenvalue weighted by molar-refractivity contribution is 0.402. The molecule has 90 valence electrons. The Kier molecular flexibility index (Phi) is 3.77. The third-order valence-electron chi connectivity index (χ3n) is 2.38. The number of nitrogens with one attached hydrogen (secondary N) is 1. The topological polar surface area (TPSA) is 41.3 Å². The van der Waals surface area contributed by atoms with Gasteiger partial charge in [0.1, 0.15) is 5.76 Å². The number of hydrogen-bond acceptors (Lipinski definition) is 4. The summed E-state index contributed by atoms with van der Waals surface area (Å²) in [5.41, 5.74) is 2.39. The molecule has 1 N–H and O–H groups in total. The average molecular weight is 231 g/mol. The van der Waals surface area contributed by atoms with Gasteiger partial charge in [-0.25, -0.2) is 4.98 Å². The molecule has 1 aromatic heterocycles. The first kappa shape index (κ1) is 11.7. The zero-order chi connectivity index (χ0) is 12.1. The van der Waals surface area contributed by atoms with Crippen molar-refractivity contribution in [2.24, 2.45) is 0 Å². The van der Waals surface area contributed by atoms with E-state index in [1.165, 1.54) is 12.0 Å². The predicted molar refractivity (Wildman–Crippen MR) is 67.7 cm³/mol. The minimum Gasteiger partial charge on any atom is -0.447 e. The summed E-state index contributed by atoms with van der Waals surface area (Å²) in [5, 5.41) is 3.31. The van der Waals surface area contributed by atoms with E-state index in [1.54, 1.807) is 6.20 Å². The van der Waals surface area contributed by atoms with Crippen LogP contribution in [0, 0.1) is 0 Å². The Labute approximate surface area is 101 Å². The van der Waals surface area contributed by atoms with Crippen LogP contribution in [0.3, 0.4) is 0 Å². The maximum absolute atomic E-state index is 5.17. The normalized spacial score (nSPS) is 10.8. The molecule has 0 spiro atoms. The summed E-state index contributed by atoms with van der Waals surface area (Å²) in [6.45, 7) is 1.60. The van der Waals surface area contributed by atoms with E-state index in [1.807, 2.05) is 0 Å².